The van der Waals surface area contributed by atoms with Crippen LogP contribution >= 0.6 is 11.6 Å². The van der Waals surface area contributed by atoms with E-state index < -0.39 is 10.0 Å². The van der Waals surface area contributed by atoms with Crippen LogP contribution in [0.25, 0.3) is 0 Å². The third kappa shape index (κ3) is 4.62. The van der Waals surface area contributed by atoms with E-state index in [2.05, 4.69) is 10.0 Å². The maximum atomic E-state index is 12.8. The molecular formula is C20H23ClN2O3S. The first kappa shape index (κ1) is 19.7. The zero-order valence-electron chi connectivity index (χ0n) is 15.4. The molecule has 0 bridgehead atoms. The van der Waals surface area contributed by atoms with E-state index in [-0.39, 0.29) is 27.4 Å². The van der Waals surface area contributed by atoms with Crippen LogP contribution in [0.1, 0.15) is 47.2 Å². The summed E-state index contributed by atoms with van der Waals surface area (Å²) < 4.78 is 28.2. The highest BCUT2D eigenvalue weighted by molar-refractivity contribution is 7.92. The van der Waals surface area contributed by atoms with Gasteiger partial charge in [-0.2, -0.15) is 0 Å². The number of halogens is 1. The molecule has 0 aromatic heterocycles. The van der Waals surface area contributed by atoms with E-state index in [1.807, 2.05) is 19.9 Å². The Morgan fingerprint density at radius 3 is 2.41 bits per heavy atom. The summed E-state index contributed by atoms with van der Waals surface area (Å²) in [6, 6.07) is 9.78. The number of hydrogen-bond donors (Lipinski definition) is 2. The van der Waals surface area contributed by atoms with E-state index in [0.717, 1.165) is 36.8 Å². The second kappa shape index (κ2) is 7.90. The van der Waals surface area contributed by atoms with Gasteiger partial charge in [-0.1, -0.05) is 30.5 Å². The molecule has 3 rings (SSSR count). The summed E-state index contributed by atoms with van der Waals surface area (Å²) in [6.07, 6.45) is 4.12. The summed E-state index contributed by atoms with van der Waals surface area (Å²) in [4.78, 5) is 12.4. The number of amides is 1. The highest BCUT2D eigenvalue weighted by Crippen LogP contribution is 2.26. The first-order valence-corrected chi connectivity index (χ1v) is 10.8. The van der Waals surface area contributed by atoms with Gasteiger partial charge in [0.2, 0.25) is 0 Å². The van der Waals surface area contributed by atoms with Crippen molar-refractivity contribution in [1.29, 1.82) is 0 Å². The second-order valence-electron chi connectivity index (χ2n) is 7.00. The minimum atomic E-state index is -3.92. The highest BCUT2D eigenvalue weighted by Gasteiger charge is 2.22. The zero-order valence-corrected chi connectivity index (χ0v) is 17.0. The molecule has 1 fully saturated rings. The maximum Gasteiger partial charge on any atom is 0.263 e. The molecule has 1 aliphatic rings. The molecule has 1 amide bonds. The average Bonchev–Trinajstić information content (AvgIpc) is 3.11. The van der Waals surface area contributed by atoms with Crippen molar-refractivity contribution in [2.75, 3.05) is 4.72 Å². The molecule has 0 atom stereocenters. The molecule has 7 heteroatoms. The fourth-order valence-electron chi connectivity index (χ4n) is 3.20. The first-order valence-electron chi connectivity index (χ1n) is 8.97. The largest absolute Gasteiger partial charge is 0.349 e. The van der Waals surface area contributed by atoms with Gasteiger partial charge in [0.05, 0.1) is 5.02 Å². The van der Waals surface area contributed by atoms with E-state index in [1.165, 1.54) is 12.1 Å². The first-order chi connectivity index (χ1) is 12.8. The fraction of sp³-hybridized carbons (Fsp3) is 0.350. The minimum absolute atomic E-state index is 0.0729. The number of carbonyl (C=O) groups excluding carboxylic acids is 1. The zero-order chi connectivity index (χ0) is 19.6. The lowest BCUT2D eigenvalue weighted by atomic mass is 10.1. The van der Waals surface area contributed by atoms with Gasteiger partial charge in [0.15, 0.2) is 0 Å². The monoisotopic (exact) mass is 406 g/mol. The van der Waals surface area contributed by atoms with Crippen molar-refractivity contribution in [3.63, 3.8) is 0 Å². The summed E-state index contributed by atoms with van der Waals surface area (Å²) in [5, 5.41) is 3.03. The number of rotatable bonds is 5. The van der Waals surface area contributed by atoms with E-state index >= 15 is 0 Å². The topological polar surface area (TPSA) is 75.3 Å². The van der Waals surface area contributed by atoms with Crippen LogP contribution in [0, 0.1) is 13.8 Å². The third-order valence-corrected chi connectivity index (χ3v) is 6.80. The summed E-state index contributed by atoms with van der Waals surface area (Å²) >= 11 is 6.13. The second-order valence-corrected chi connectivity index (χ2v) is 9.06. The number of carbonyl (C=O) groups is 1. The Labute approximate surface area is 165 Å². The molecule has 0 unspecified atom stereocenters. The van der Waals surface area contributed by atoms with Crippen molar-refractivity contribution in [2.24, 2.45) is 0 Å². The average molecular weight is 407 g/mol. The number of hydrogen-bond acceptors (Lipinski definition) is 3. The molecular weight excluding hydrogens is 384 g/mol. The number of sulfonamides is 1. The summed E-state index contributed by atoms with van der Waals surface area (Å²) in [6.45, 7) is 3.87. The molecule has 27 heavy (non-hydrogen) atoms. The summed E-state index contributed by atoms with van der Waals surface area (Å²) in [5.74, 6) is -0.277. The molecule has 5 nitrogen and oxygen atoms in total. The third-order valence-electron chi connectivity index (χ3n) is 4.93. The molecule has 1 saturated carbocycles. The predicted octanol–water partition coefficient (Wildman–Crippen LogP) is 4.43. The SMILES string of the molecule is Cc1ccc(NS(=O)(=O)c2cc(C(=O)NC3CCCC3)ccc2Cl)cc1C. The fourth-order valence-corrected chi connectivity index (χ4v) is 4.78. The van der Waals surface area contributed by atoms with E-state index in [1.54, 1.807) is 18.2 Å². The van der Waals surface area contributed by atoms with Crippen molar-refractivity contribution in [2.45, 2.75) is 50.5 Å². The molecule has 0 aliphatic heterocycles. The summed E-state index contributed by atoms with van der Waals surface area (Å²) in [5.41, 5.74) is 2.79. The van der Waals surface area contributed by atoms with Crippen LogP contribution < -0.4 is 10.0 Å². The van der Waals surface area contributed by atoms with Crippen LogP contribution in [0.15, 0.2) is 41.3 Å². The molecule has 0 saturated heterocycles. The summed E-state index contributed by atoms with van der Waals surface area (Å²) in [7, 11) is -3.92. The lowest BCUT2D eigenvalue weighted by Gasteiger charge is -2.14. The molecule has 2 N–H and O–H groups in total. The van der Waals surface area contributed by atoms with Crippen LogP contribution in [-0.4, -0.2) is 20.4 Å². The molecule has 2 aromatic rings. The van der Waals surface area contributed by atoms with Gasteiger partial charge in [0.1, 0.15) is 4.90 Å². The highest BCUT2D eigenvalue weighted by atomic mass is 35.5. The van der Waals surface area contributed by atoms with Crippen LogP contribution in [0.3, 0.4) is 0 Å². The van der Waals surface area contributed by atoms with Gasteiger partial charge in [0, 0.05) is 17.3 Å². The maximum absolute atomic E-state index is 12.8. The lowest BCUT2D eigenvalue weighted by Crippen LogP contribution is -2.32. The van der Waals surface area contributed by atoms with Crippen LogP contribution in [0.5, 0.6) is 0 Å². The van der Waals surface area contributed by atoms with Gasteiger partial charge < -0.3 is 5.32 Å². The van der Waals surface area contributed by atoms with Crippen molar-refractivity contribution >= 4 is 33.2 Å². The normalized spacial score (nSPS) is 14.9. The number of benzene rings is 2. The Morgan fingerprint density at radius 2 is 1.74 bits per heavy atom. The van der Waals surface area contributed by atoms with Gasteiger partial charge in [0.25, 0.3) is 15.9 Å². The number of anilines is 1. The Bertz CT molecular complexity index is 967. The van der Waals surface area contributed by atoms with Gasteiger partial charge in [-0.05, 0) is 68.1 Å². The van der Waals surface area contributed by atoms with Crippen LogP contribution in [0.2, 0.25) is 5.02 Å². The standard InChI is InChI=1S/C20H23ClN2O3S/c1-13-7-9-17(11-14(13)2)23-27(25,26)19-12-15(8-10-18(19)21)20(24)22-16-5-3-4-6-16/h7-12,16,23H,3-6H2,1-2H3,(H,22,24). The molecule has 0 spiro atoms. The van der Waals surface area contributed by atoms with Crippen molar-refractivity contribution in [3.8, 4) is 0 Å². The quantitative estimate of drug-likeness (QED) is 0.771. The molecule has 1 aliphatic carbocycles. The Kier molecular flexibility index (Phi) is 5.77. The van der Waals surface area contributed by atoms with Crippen molar-refractivity contribution in [3.05, 3.63) is 58.1 Å². The molecule has 0 heterocycles. The molecule has 144 valence electrons. The van der Waals surface area contributed by atoms with Gasteiger partial charge in [-0.3, -0.25) is 9.52 Å². The van der Waals surface area contributed by atoms with Gasteiger partial charge in [-0.15, -0.1) is 0 Å². The number of nitrogens with one attached hydrogen (secondary N) is 2. The lowest BCUT2D eigenvalue weighted by molar-refractivity contribution is 0.0937. The van der Waals surface area contributed by atoms with E-state index in [9.17, 15) is 13.2 Å². The van der Waals surface area contributed by atoms with Crippen LogP contribution in [-0.2, 0) is 10.0 Å². The van der Waals surface area contributed by atoms with Gasteiger partial charge in [-0.25, -0.2) is 8.42 Å². The Morgan fingerprint density at radius 1 is 1.04 bits per heavy atom. The Hall–Kier alpha value is -2.05. The van der Waals surface area contributed by atoms with Crippen molar-refractivity contribution in [1.82, 2.24) is 5.32 Å². The Balaban J connectivity index is 1.85. The molecule has 2 aromatic carbocycles. The van der Waals surface area contributed by atoms with E-state index in [4.69, 9.17) is 11.6 Å². The van der Waals surface area contributed by atoms with Gasteiger partial charge >= 0.3 is 0 Å². The van der Waals surface area contributed by atoms with Crippen molar-refractivity contribution < 1.29 is 13.2 Å². The van der Waals surface area contributed by atoms with E-state index in [0.29, 0.717) is 5.69 Å². The number of aryl methyl sites for hydroxylation is 2. The van der Waals surface area contributed by atoms with Crippen LogP contribution in [0.4, 0.5) is 5.69 Å². The molecule has 0 radical (unpaired) electrons. The minimum Gasteiger partial charge on any atom is -0.349 e. The predicted molar refractivity (Wildman–Crippen MR) is 108 cm³/mol. The smallest absolute Gasteiger partial charge is 0.263 e.